The molecular weight excluding hydrogens is 274 g/mol. The van der Waals surface area contributed by atoms with Gasteiger partial charge in [-0.25, -0.2) is 8.42 Å². The monoisotopic (exact) mass is 287 g/mol. The molecule has 1 saturated heterocycles. The lowest BCUT2D eigenvalue weighted by atomic mass is 10.1. The van der Waals surface area contributed by atoms with Crippen molar-refractivity contribution in [2.45, 2.75) is 24.5 Å². The van der Waals surface area contributed by atoms with Gasteiger partial charge < -0.3 is 4.42 Å². The van der Waals surface area contributed by atoms with E-state index in [1.54, 1.807) is 0 Å². The summed E-state index contributed by atoms with van der Waals surface area (Å²) in [6.45, 7) is 0. The van der Waals surface area contributed by atoms with Crippen molar-refractivity contribution in [3.63, 3.8) is 0 Å². The van der Waals surface area contributed by atoms with E-state index in [4.69, 9.17) is 9.68 Å². The summed E-state index contributed by atoms with van der Waals surface area (Å²) in [5.41, 5.74) is 0. The minimum atomic E-state index is -2.86. The first kappa shape index (κ1) is 13.4. The first-order valence-corrected chi connectivity index (χ1v) is 8.42. The first-order chi connectivity index (χ1) is 8.59. The molecule has 98 valence electrons. The second-order valence-electron chi connectivity index (χ2n) is 4.19. The molecule has 1 aliphatic heterocycles. The molecule has 1 aromatic heterocycles. The molecule has 0 aliphatic carbocycles. The number of sulfone groups is 1. The lowest BCUT2D eigenvalue weighted by molar-refractivity contribution is 0.389. The van der Waals surface area contributed by atoms with Crippen molar-refractivity contribution in [1.82, 2.24) is 10.2 Å². The Bertz CT molecular complexity index is 547. The molecular formula is C10H13N3O3S2. The molecule has 0 radical (unpaired) electrons. The Balaban J connectivity index is 1.86. The van der Waals surface area contributed by atoms with Crippen molar-refractivity contribution in [3.05, 3.63) is 5.89 Å². The summed E-state index contributed by atoms with van der Waals surface area (Å²) < 4.78 is 28.0. The van der Waals surface area contributed by atoms with Crippen LogP contribution in [0, 0.1) is 17.2 Å². The van der Waals surface area contributed by atoms with E-state index in [0.29, 0.717) is 36.1 Å². The fraction of sp³-hybridized carbons (Fsp3) is 0.700. The summed E-state index contributed by atoms with van der Waals surface area (Å²) in [7, 11) is -2.86. The van der Waals surface area contributed by atoms with Gasteiger partial charge in [-0.3, -0.25) is 0 Å². The Kier molecular flexibility index (Phi) is 4.24. The summed E-state index contributed by atoms with van der Waals surface area (Å²) in [5, 5.41) is 16.6. The van der Waals surface area contributed by atoms with Crippen LogP contribution < -0.4 is 0 Å². The minimum Gasteiger partial charge on any atom is -0.416 e. The Morgan fingerprint density at radius 2 is 2.33 bits per heavy atom. The predicted octanol–water partition coefficient (Wildman–Crippen LogP) is 1.05. The van der Waals surface area contributed by atoms with Crippen LogP contribution >= 0.6 is 11.8 Å². The molecule has 0 saturated carbocycles. The van der Waals surface area contributed by atoms with Gasteiger partial charge in [-0.2, -0.15) is 5.26 Å². The summed E-state index contributed by atoms with van der Waals surface area (Å²) >= 11 is 1.34. The molecule has 8 heteroatoms. The maximum atomic E-state index is 11.3. The SMILES string of the molecule is N#CCCSc1nnc(C[C@H]2CCS(=O)(=O)C2)o1. The van der Waals surface area contributed by atoms with Gasteiger partial charge in [-0.05, 0) is 12.3 Å². The van der Waals surface area contributed by atoms with Crippen molar-refractivity contribution in [3.8, 4) is 6.07 Å². The number of hydrogen-bond donors (Lipinski definition) is 0. The lowest BCUT2D eigenvalue weighted by Crippen LogP contribution is -2.07. The molecule has 0 N–H and O–H groups in total. The Morgan fingerprint density at radius 3 is 3.00 bits per heavy atom. The van der Waals surface area contributed by atoms with E-state index in [1.807, 2.05) is 6.07 Å². The Hall–Kier alpha value is -1.07. The van der Waals surface area contributed by atoms with Gasteiger partial charge in [0.15, 0.2) is 9.84 Å². The van der Waals surface area contributed by atoms with E-state index in [9.17, 15) is 8.42 Å². The third-order valence-electron chi connectivity index (χ3n) is 2.68. The van der Waals surface area contributed by atoms with Crippen LogP contribution in [0.5, 0.6) is 0 Å². The topological polar surface area (TPSA) is 96.9 Å². The minimum absolute atomic E-state index is 0.0902. The van der Waals surface area contributed by atoms with Gasteiger partial charge in [-0.15, -0.1) is 10.2 Å². The molecule has 1 aliphatic rings. The van der Waals surface area contributed by atoms with Crippen LogP contribution in [-0.2, 0) is 16.3 Å². The molecule has 1 atom stereocenters. The Labute approximate surface area is 110 Å². The summed E-state index contributed by atoms with van der Waals surface area (Å²) in [6, 6.07) is 2.04. The van der Waals surface area contributed by atoms with E-state index in [1.165, 1.54) is 11.8 Å². The maximum Gasteiger partial charge on any atom is 0.276 e. The van der Waals surface area contributed by atoms with Crippen LogP contribution in [0.4, 0.5) is 0 Å². The highest BCUT2D eigenvalue weighted by Gasteiger charge is 2.29. The zero-order valence-electron chi connectivity index (χ0n) is 9.70. The van der Waals surface area contributed by atoms with E-state index < -0.39 is 9.84 Å². The van der Waals surface area contributed by atoms with Crippen molar-refractivity contribution in [2.75, 3.05) is 17.3 Å². The first-order valence-electron chi connectivity index (χ1n) is 5.61. The fourth-order valence-corrected chi connectivity index (χ4v) is 4.33. The molecule has 2 heterocycles. The Morgan fingerprint density at radius 1 is 1.50 bits per heavy atom. The van der Waals surface area contributed by atoms with Crippen LogP contribution in [0.25, 0.3) is 0 Å². The van der Waals surface area contributed by atoms with Crippen molar-refractivity contribution in [1.29, 1.82) is 5.26 Å². The second kappa shape index (κ2) is 5.71. The molecule has 1 aromatic rings. The number of aromatic nitrogens is 2. The van der Waals surface area contributed by atoms with Crippen LogP contribution in [0.15, 0.2) is 9.64 Å². The van der Waals surface area contributed by atoms with Crippen LogP contribution in [0.3, 0.4) is 0 Å². The smallest absolute Gasteiger partial charge is 0.276 e. The number of nitrogens with zero attached hydrogens (tertiary/aromatic N) is 3. The number of rotatable bonds is 5. The standard InChI is InChI=1S/C10H13N3O3S2/c11-3-1-4-17-10-13-12-9(16-10)6-8-2-5-18(14,15)7-8/h8H,1-2,4-7H2/t8-/m1/s1. The molecule has 0 bridgehead atoms. The second-order valence-corrected chi connectivity index (χ2v) is 7.47. The van der Waals surface area contributed by atoms with Crippen LogP contribution in [0.1, 0.15) is 18.7 Å². The zero-order chi connectivity index (χ0) is 13.0. The quantitative estimate of drug-likeness (QED) is 0.589. The number of hydrogen-bond acceptors (Lipinski definition) is 7. The molecule has 1 fully saturated rings. The van der Waals surface area contributed by atoms with Gasteiger partial charge in [0.1, 0.15) is 0 Å². The average molecular weight is 287 g/mol. The van der Waals surface area contributed by atoms with Crippen LogP contribution in [-0.4, -0.2) is 35.9 Å². The third kappa shape index (κ3) is 3.71. The van der Waals surface area contributed by atoms with Gasteiger partial charge in [0.2, 0.25) is 5.89 Å². The number of nitriles is 1. The third-order valence-corrected chi connectivity index (χ3v) is 5.33. The van der Waals surface area contributed by atoms with E-state index in [0.717, 1.165) is 0 Å². The molecule has 0 spiro atoms. The van der Waals surface area contributed by atoms with Gasteiger partial charge in [0.25, 0.3) is 5.22 Å². The number of thioether (sulfide) groups is 1. The van der Waals surface area contributed by atoms with Crippen molar-refractivity contribution >= 4 is 21.6 Å². The summed E-state index contributed by atoms with van der Waals surface area (Å²) in [6.07, 6.45) is 1.62. The average Bonchev–Trinajstić information content (AvgIpc) is 2.87. The van der Waals surface area contributed by atoms with E-state index >= 15 is 0 Å². The van der Waals surface area contributed by atoms with Crippen molar-refractivity contribution < 1.29 is 12.8 Å². The predicted molar refractivity (Wildman–Crippen MR) is 65.7 cm³/mol. The van der Waals surface area contributed by atoms with Crippen LogP contribution in [0.2, 0.25) is 0 Å². The van der Waals surface area contributed by atoms with Gasteiger partial charge in [-0.1, -0.05) is 11.8 Å². The molecule has 6 nitrogen and oxygen atoms in total. The van der Waals surface area contributed by atoms with Gasteiger partial charge in [0.05, 0.1) is 17.6 Å². The largest absolute Gasteiger partial charge is 0.416 e. The summed E-state index contributed by atoms with van der Waals surface area (Å²) in [4.78, 5) is 0. The summed E-state index contributed by atoms with van der Waals surface area (Å²) in [5.74, 6) is 1.67. The van der Waals surface area contributed by atoms with Gasteiger partial charge in [0, 0.05) is 18.6 Å². The molecule has 0 unspecified atom stereocenters. The lowest BCUT2D eigenvalue weighted by Gasteiger charge is -2.01. The highest BCUT2D eigenvalue weighted by atomic mass is 32.2. The van der Waals surface area contributed by atoms with E-state index in [-0.39, 0.29) is 17.4 Å². The molecule has 18 heavy (non-hydrogen) atoms. The molecule has 0 amide bonds. The van der Waals surface area contributed by atoms with E-state index in [2.05, 4.69) is 10.2 Å². The fourth-order valence-electron chi connectivity index (χ4n) is 1.84. The molecule has 2 rings (SSSR count). The van der Waals surface area contributed by atoms with Crippen molar-refractivity contribution in [2.24, 2.45) is 5.92 Å². The zero-order valence-corrected chi connectivity index (χ0v) is 11.3. The molecule has 0 aromatic carbocycles. The normalized spacial score (nSPS) is 21.8. The maximum absolute atomic E-state index is 11.3. The van der Waals surface area contributed by atoms with Gasteiger partial charge >= 0.3 is 0 Å². The highest BCUT2D eigenvalue weighted by molar-refractivity contribution is 7.99. The highest BCUT2D eigenvalue weighted by Crippen LogP contribution is 2.24.